The van der Waals surface area contributed by atoms with E-state index in [1.165, 1.54) is 0 Å². The highest BCUT2D eigenvalue weighted by molar-refractivity contribution is 5.71. The quantitative estimate of drug-likeness (QED) is 0.609. The number of aryl methyl sites for hydroxylation is 2. The molecule has 3 rings (SSSR count). The molecule has 1 aliphatic rings. The molecule has 0 unspecified atom stereocenters. The van der Waals surface area contributed by atoms with Crippen LogP contribution < -0.4 is 4.74 Å². The summed E-state index contributed by atoms with van der Waals surface area (Å²) in [6.45, 7) is 11.0. The molecule has 0 spiro atoms. The van der Waals surface area contributed by atoms with Crippen molar-refractivity contribution in [2.45, 2.75) is 59.3 Å². The smallest absolute Gasteiger partial charge is 0.410 e. The third-order valence-corrected chi connectivity index (χ3v) is 5.46. The predicted molar refractivity (Wildman–Crippen MR) is 129 cm³/mol. The maximum absolute atomic E-state index is 12.9. The fourth-order valence-corrected chi connectivity index (χ4v) is 3.77. The van der Waals surface area contributed by atoms with Crippen LogP contribution in [-0.4, -0.2) is 64.9 Å². The Kier molecular flexibility index (Phi) is 8.36. The monoisotopic (exact) mass is 469 g/mol. The van der Waals surface area contributed by atoms with Gasteiger partial charge < -0.3 is 24.0 Å². The topological polar surface area (TPSA) is 81.2 Å². The van der Waals surface area contributed by atoms with Gasteiger partial charge >= 0.3 is 12.2 Å². The van der Waals surface area contributed by atoms with Gasteiger partial charge in [0.25, 0.3) is 0 Å². The molecule has 1 fully saturated rings. The number of hydrogen-bond donors (Lipinski definition) is 0. The molecular weight excluding hydrogens is 434 g/mol. The lowest BCUT2D eigenvalue weighted by Gasteiger charge is -2.41. The number of benzene rings is 1. The van der Waals surface area contributed by atoms with Crippen molar-refractivity contribution in [2.75, 3.05) is 26.2 Å². The molecule has 1 aromatic carbocycles. The van der Waals surface area contributed by atoms with Gasteiger partial charge in [-0.1, -0.05) is 30.3 Å². The average molecular weight is 470 g/mol. The summed E-state index contributed by atoms with van der Waals surface area (Å²) < 4.78 is 17.1. The van der Waals surface area contributed by atoms with Gasteiger partial charge in [-0.2, -0.15) is 0 Å². The largest absolute Gasteiger partial charge is 0.492 e. The summed E-state index contributed by atoms with van der Waals surface area (Å²) in [5, 5.41) is 0. The van der Waals surface area contributed by atoms with Crippen molar-refractivity contribution in [3.05, 3.63) is 59.4 Å². The number of carbonyl (C=O) groups excluding carboxylic acids is 2. The molecule has 2 amide bonds. The van der Waals surface area contributed by atoms with Crippen LogP contribution in [-0.2, 0) is 16.1 Å². The van der Waals surface area contributed by atoms with E-state index < -0.39 is 11.7 Å². The van der Waals surface area contributed by atoms with E-state index in [0.717, 1.165) is 17.0 Å². The molecule has 34 heavy (non-hydrogen) atoms. The molecule has 184 valence electrons. The molecule has 0 bridgehead atoms. The Bertz CT molecular complexity index is 974. The van der Waals surface area contributed by atoms with E-state index in [9.17, 15) is 9.59 Å². The number of piperazine rings is 1. The van der Waals surface area contributed by atoms with Crippen LogP contribution in [0.5, 0.6) is 5.75 Å². The van der Waals surface area contributed by atoms with Crippen molar-refractivity contribution in [1.82, 2.24) is 14.8 Å². The summed E-state index contributed by atoms with van der Waals surface area (Å²) >= 11 is 0. The number of rotatable bonds is 6. The van der Waals surface area contributed by atoms with E-state index in [4.69, 9.17) is 14.2 Å². The van der Waals surface area contributed by atoms with Crippen LogP contribution in [0.4, 0.5) is 9.59 Å². The van der Waals surface area contributed by atoms with E-state index in [1.54, 1.807) is 9.80 Å². The Morgan fingerprint density at radius 2 is 1.76 bits per heavy atom. The van der Waals surface area contributed by atoms with E-state index in [0.29, 0.717) is 38.4 Å². The zero-order valence-corrected chi connectivity index (χ0v) is 20.7. The van der Waals surface area contributed by atoms with Gasteiger partial charge in [0, 0.05) is 31.7 Å². The SMILES string of the molecule is Cc1ccc(OCC[C@@H]2CN(C(=O)OCc3ccccc3)CCN2C(=O)OC(C)(C)C)c(C)n1. The molecule has 1 aromatic heterocycles. The van der Waals surface area contributed by atoms with Crippen LogP contribution >= 0.6 is 0 Å². The Hall–Kier alpha value is -3.29. The Labute approximate surface area is 201 Å². The van der Waals surface area contributed by atoms with Gasteiger partial charge in [-0.25, -0.2) is 9.59 Å². The highest BCUT2D eigenvalue weighted by Crippen LogP contribution is 2.21. The molecule has 2 heterocycles. The van der Waals surface area contributed by atoms with E-state index in [1.807, 2.05) is 77.1 Å². The summed E-state index contributed by atoms with van der Waals surface area (Å²) in [4.78, 5) is 33.3. The molecule has 0 radical (unpaired) electrons. The molecule has 1 atom stereocenters. The lowest BCUT2D eigenvalue weighted by molar-refractivity contribution is -0.00616. The third kappa shape index (κ3) is 7.37. The number of carbonyl (C=O) groups is 2. The van der Waals surface area contributed by atoms with Gasteiger partial charge in [0.2, 0.25) is 0 Å². The van der Waals surface area contributed by atoms with Gasteiger partial charge in [-0.15, -0.1) is 0 Å². The summed E-state index contributed by atoms with van der Waals surface area (Å²) in [7, 11) is 0. The van der Waals surface area contributed by atoms with Crippen LogP contribution in [0.3, 0.4) is 0 Å². The zero-order valence-electron chi connectivity index (χ0n) is 20.7. The van der Waals surface area contributed by atoms with Gasteiger partial charge in [0.15, 0.2) is 0 Å². The van der Waals surface area contributed by atoms with Crippen LogP contribution in [0.1, 0.15) is 44.1 Å². The number of amides is 2. The lowest BCUT2D eigenvalue weighted by atomic mass is 10.1. The first-order valence-corrected chi connectivity index (χ1v) is 11.6. The predicted octanol–water partition coefficient (Wildman–Crippen LogP) is 4.73. The summed E-state index contributed by atoms with van der Waals surface area (Å²) in [5.74, 6) is 0.712. The van der Waals surface area contributed by atoms with Gasteiger partial charge in [-0.05, 0) is 52.3 Å². The van der Waals surface area contributed by atoms with Crippen LogP contribution in [0.25, 0.3) is 0 Å². The average Bonchev–Trinajstić information content (AvgIpc) is 2.78. The Morgan fingerprint density at radius 1 is 1.03 bits per heavy atom. The minimum absolute atomic E-state index is 0.208. The number of hydrogen-bond acceptors (Lipinski definition) is 6. The normalized spacial score (nSPS) is 16.2. The molecule has 0 aliphatic carbocycles. The maximum Gasteiger partial charge on any atom is 0.410 e. The first kappa shape index (κ1) is 25.3. The number of aromatic nitrogens is 1. The van der Waals surface area contributed by atoms with Gasteiger partial charge in [0.05, 0.1) is 18.3 Å². The summed E-state index contributed by atoms with van der Waals surface area (Å²) in [6.07, 6.45) is -0.241. The molecule has 8 nitrogen and oxygen atoms in total. The van der Waals surface area contributed by atoms with Crippen molar-refractivity contribution in [2.24, 2.45) is 0 Å². The molecular formula is C26H35N3O5. The highest BCUT2D eigenvalue weighted by atomic mass is 16.6. The molecule has 1 aliphatic heterocycles. The minimum atomic E-state index is -0.603. The first-order chi connectivity index (χ1) is 16.1. The standard InChI is InChI=1S/C26H35N3O5/c1-19-11-12-23(20(2)27-19)32-16-13-22-17-28(14-15-29(22)25(31)34-26(3,4)5)24(30)33-18-21-9-7-6-8-10-21/h6-12,22H,13-18H2,1-5H3/t22-/m1/s1. The highest BCUT2D eigenvalue weighted by Gasteiger charge is 2.35. The zero-order chi connectivity index (χ0) is 24.7. The number of pyridine rings is 1. The molecule has 1 saturated heterocycles. The minimum Gasteiger partial charge on any atom is -0.492 e. The maximum atomic E-state index is 12.9. The van der Waals surface area contributed by atoms with Crippen LogP contribution in [0.15, 0.2) is 42.5 Å². The molecule has 8 heteroatoms. The van der Waals surface area contributed by atoms with Crippen molar-refractivity contribution < 1.29 is 23.8 Å². The second kappa shape index (κ2) is 11.2. The fraction of sp³-hybridized carbons (Fsp3) is 0.500. The van der Waals surface area contributed by atoms with E-state index >= 15 is 0 Å². The van der Waals surface area contributed by atoms with Crippen molar-refractivity contribution in [3.63, 3.8) is 0 Å². The number of ether oxygens (including phenoxy) is 3. The van der Waals surface area contributed by atoms with Crippen LogP contribution in [0, 0.1) is 13.8 Å². The lowest BCUT2D eigenvalue weighted by Crippen LogP contribution is -2.57. The second-order valence-corrected chi connectivity index (χ2v) is 9.49. The van der Waals surface area contributed by atoms with Crippen LogP contribution in [0.2, 0.25) is 0 Å². The second-order valence-electron chi connectivity index (χ2n) is 9.49. The molecule has 0 N–H and O–H groups in total. The van der Waals surface area contributed by atoms with Crippen molar-refractivity contribution in [3.8, 4) is 5.75 Å². The van der Waals surface area contributed by atoms with Crippen molar-refractivity contribution >= 4 is 12.2 Å². The first-order valence-electron chi connectivity index (χ1n) is 11.6. The fourth-order valence-electron chi connectivity index (χ4n) is 3.77. The van der Waals surface area contributed by atoms with Gasteiger partial charge in [0.1, 0.15) is 18.0 Å². The van der Waals surface area contributed by atoms with E-state index in [-0.39, 0.29) is 18.7 Å². The van der Waals surface area contributed by atoms with Crippen molar-refractivity contribution in [1.29, 1.82) is 0 Å². The van der Waals surface area contributed by atoms with E-state index in [2.05, 4.69) is 4.98 Å². The van der Waals surface area contributed by atoms with Gasteiger partial charge in [-0.3, -0.25) is 4.98 Å². The molecule has 2 aromatic rings. The Balaban J connectivity index is 1.63. The molecule has 0 saturated carbocycles. The summed E-state index contributed by atoms with van der Waals surface area (Å²) in [5.41, 5.74) is 2.07. The third-order valence-electron chi connectivity index (χ3n) is 5.46. The number of nitrogens with zero attached hydrogens (tertiary/aromatic N) is 3. The summed E-state index contributed by atoms with van der Waals surface area (Å²) in [6, 6.07) is 13.1. The Morgan fingerprint density at radius 3 is 2.44 bits per heavy atom.